The Morgan fingerprint density at radius 3 is 2.35 bits per heavy atom. The number of halogens is 3. The highest BCUT2D eigenvalue weighted by atomic mass is 35.5. The van der Waals surface area contributed by atoms with Gasteiger partial charge in [-0.15, -0.1) is 11.8 Å². The number of carboxylic acids is 1. The Labute approximate surface area is 123 Å². The van der Waals surface area contributed by atoms with Gasteiger partial charge < -0.3 is 5.11 Å². The maximum absolute atomic E-state index is 13.3. The molecule has 0 aliphatic carbocycles. The van der Waals surface area contributed by atoms with Gasteiger partial charge in [-0.25, -0.2) is 8.78 Å². The third-order valence-corrected chi connectivity index (χ3v) is 4.08. The highest BCUT2D eigenvalue weighted by molar-refractivity contribution is 8.00. The van der Waals surface area contributed by atoms with E-state index in [1.807, 2.05) is 0 Å². The van der Waals surface area contributed by atoms with E-state index in [0.29, 0.717) is 10.5 Å². The Kier molecular flexibility index (Phi) is 4.62. The normalized spacial score (nSPS) is 12.2. The first-order chi connectivity index (χ1) is 9.47. The van der Waals surface area contributed by atoms with Crippen LogP contribution in [-0.4, -0.2) is 11.1 Å². The topological polar surface area (TPSA) is 37.3 Å². The van der Waals surface area contributed by atoms with E-state index in [2.05, 4.69) is 0 Å². The molecular formula is C14H9ClF2O2S. The zero-order chi connectivity index (χ0) is 14.7. The van der Waals surface area contributed by atoms with Gasteiger partial charge in [-0.3, -0.25) is 4.79 Å². The molecule has 2 aromatic carbocycles. The van der Waals surface area contributed by atoms with Crippen molar-refractivity contribution in [1.82, 2.24) is 0 Å². The van der Waals surface area contributed by atoms with Crippen LogP contribution in [-0.2, 0) is 4.79 Å². The van der Waals surface area contributed by atoms with E-state index in [1.165, 1.54) is 42.5 Å². The van der Waals surface area contributed by atoms with Crippen molar-refractivity contribution in [2.75, 3.05) is 0 Å². The average Bonchev–Trinajstić information content (AvgIpc) is 2.41. The molecule has 1 N–H and O–H groups in total. The molecule has 0 amide bonds. The Balaban J connectivity index is 2.27. The molecule has 0 spiro atoms. The van der Waals surface area contributed by atoms with Crippen LogP contribution in [0.3, 0.4) is 0 Å². The molecule has 20 heavy (non-hydrogen) atoms. The Morgan fingerprint density at radius 1 is 1.15 bits per heavy atom. The molecule has 1 unspecified atom stereocenters. The van der Waals surface area contributed by atoms with Gasteiger partial charge in [0.05, 0.1) is 5.02 Å². The second kappa shape index (κ2) is 6.24. The van der Waals surface area contributed by atoms with Crippen molar-refractivity contribution >= 4 is 29.3 Å². The lowest BCUT2D eigenvalue weighted by atomic mass is 10.1. The van der Waals surface area contributed by atoms with Crippen LogP contribution in [0, 0.1) is 11.6 Å². The van der Waals surface area contributed by atoms with Crippen LogP contribution < -0.4 is 0 Å². The van der Waals surface area contributed by atoms with Gasteiger partial charge in [-0.1, -0.05) is 23.7 Å². The number of carbonyl (C=O) groups is 1. The summed E-state index contributed by atoms with van der Waals surface area (Å²) in [7, 11) is 0. The van der Waals surface area contributed by atoms with Crippen LogP contribution in [0.25, 0.3) is 0 Å². The van der Waals surface area contributed by atoms with E-state index in [-0.39, 0.29) is 5.02 Å². The number of hydrogen-bond donors (Lipinski definition) is 1. The molecule has 0 saturated carbocycles. The van der Waals surface area contributed by atoms with Gasteiger partial charge in [0.15, 0.2) is 0 Å². The maximum Gasteiger partial charge on any atom is 0.321 e. The molecule has 0 saturated heterocycles. The zero-order valence-corrected chi connectivity index (χ0v) is 11.6. The lowest BCUT2D eigenvalue weighted by molar-refractivity contribution is -0.136. The Hall–Kier alpha value is -1.59. The van der Waals surface area contributed by atoms with Gasteiger partial charge in [0.1, 0.15) is 16.9 Å². The summed E-state index contributed by atoms with van der Waals surface area (Å²) in [5.74, 6) is -2.14. The van der Waals surface area contributed by atoms with Crippen LogP contribution in [0.4, 0.5) is 8.78 Å². The lowest BCUT2D eigenvalue weighted by Gasteiger charge is -2.12. The summed E-state index contributed by atoms with van der Waals surface area (Å²) in [5, 5.41) is 8.27. The van der Waals surface area contributed by atoms with Gasteiger partial charge in [0, 0.05) is 4.90 Å². The van der Waals surface area contributed by atoms with Crippen molar-refractivity contribution in [2.24, 2.45) is 0 Å². The lowest BCUT2D eigenvalue weighted by Crippen LogP contribution is -2.08. The van der Waals surface area contributed by atoms with Crippen molar-refractivity contribution in [3.63, 3.8) is 0 Å². The standard InChI is InChI=1S/C14H9ClF2O2S/c15-11-6-5-10(7-12(11)17)20-13(14(18)19)8-1-3-9(16)4-2-8/h1-7,13H,(H,18,19). The Bertz CT molecular complexity index is 632. The fourth-order valence-electron chi connectivity index (χ4n) is 1.58. The molecule has 0 aliphatic rings. The summed E-state index contributed by atoms with van der Waals surface area (Å²) in [4.78, 5) is 11.7. The predicted octanol–water partition coefficient (Wildman–Crippen LogP) is 4.54. The van der Waals surface area contributed by atoms with Crippen LogP contribution in [0.5, 0.6) is 0 Å². The molecule has 0 radical (unpaired) electrons. The highest BCUT2D eigenvalue weighted by Gasteiger charge is 2.21. The quantitative estimate of drug-likeness (QED) is 0.842. The first-order valence-electron chi connectivity index (χ1n) is 5.57. The number of thioether (sulfide) groups is 1. The number of benzene rings is 2. The first-order valence-corrected chi connectivity index (χ1v) is 6.83. The maximum atomic E-state index is 13.3. The molecule has 0 aromatic heterocycles. The van der Waals surface area contributed by atoms with E-state index in [0.717, 1.165) is 11.8 Å². The SMILES string of the molecule is O=C(O)C(Sc1ccc(Cl)c(F)c1)c1ccc(F)cc1. The summed E-state index contributed by atoms with van der Waals surface area (Å²) < 4.78 is 26.2. The van der Waals surface area contributed by atoms with Gasteiger partial charge in [-0.2, -0.15) is 0 Å². The molecule has 0 fully saturated rings. The number of carboxylic acid groups (broad SMARTS) is 1. The smallest absolute Gasteiger partial charge is 0.321 e. The zero-order valence-electron chi connectivity index (χ0n) is 10.0. The monoisotopic (exact) mass is 314 g/mol. The summed E-state index contributed by atoms with van der Waals surface area (Å²) in [6.07, 6.45) is 0. The van der Waals surface area contributed by atoms with E-state index in [4.69, 9.17) is 11.6 Å². The first kappa shape index (κ1) is 14.8. The molecule has 2 rings (SSSR count). The van der Waals surface area contributed by atoms with Crippen molar-refractivity contribution < 1.29 is 18.7 Å². The fraction of sp³-hybridized carbons (Fsp3) is 0.0714. The molecule has 0 bridgehead atoms. The van der Waals surface area contributed by atoms with Crippen molar-refractivity contribution in [1.29, 1.82) is 0 Å². The molecule has 2 nitrogen and oxygen atoms in total. The van der Waals surface area contributed by atoms with Gasteiger partial charge >= 0.3 is 5.97 Å². The van der Waals surface area contributed by atoms with Crippen LogP contribution in [0.2, 0.25) is 5.02 Å². The largest absolute Gasteiger partial charge is 0.480 e. The minimum absolute atomic E-state index is 0.0250. The van der Waals surface area contributed by atoms with E-state index < -0.39 is 22.9 Å². The number of aliphatic carboxylic acids is 1. The van der Waals surface area contributed by atoms with Gasteiger partial charge in [0.2, 0.25) is 0 Å². The van der Waals surface area contributed by atoms with Gasteiger partial charge in [-0.05, 0) is 35.9 Å². The van der Waals surface area contributed by atoms with Crippen LogP contribution in [0.15, 0.2) is 47.4 Å². The molecule has 104 valence electrons. The molecule has 6 heteroatoms. The summed E-state index contributed by atoms with van der Waals surface area (Å²) in [6.45, 7) is 0. The third kappa shape index (κ3) is 3.49. The second-order valence-electron chi connectivity index (χ2n) is 3.96. The van der Waals surface area contributed by atoms with Crippen molar-refractivity contribution in [3.05, 3.63) is 64.7 Å². The molecule has 0 aliphatic heterocycles. The molecule has 2 aromatic rings. The van der Waals surface area contributed by atoms with E-state index in [9.17, 15) is 18.7 Å². The minimum Gasteiger partial charge on any atom is -0.480 e. The van der Waals surface area contributed by atoms with Crippen LogP contribution >= 0.6 is 23.4 Å². The fourth-order valence-corrected chi connectivity index (χ4v) is 2.69. The molecule has 1 atom stereocenters. The van der Waals surface area contributed by atoms with E-state index >= 15 is 0 Å². The highest BCUT2D eigenvalue weighted by Crippen LogP contribution is 2.36. The van der Waals surface area contributed by atoms with Crippen LogP contribution in [0.1, 0.15) is 10.8 Å². The summed E-state index contributed by atoms with van der Waals surface area (Å²) >= 11 is 6.53. The Morgan fingerprint density at radius 2 is 1.80 bits per heavy atom. The van der Waals surface area contributed by atoms with E-state index in [1.54, 1.807) is 0 Å². The summed E-state index contributed by atoms with van der Waals surface area (Å²) in [6, 6.07) is 9.24. The third-order valence-electron chi connectivity index (χ3n) is 2.54. The summed E-state index contributed by atoms with van der Waals surface area (Å²) in [5.41, 5.74) is 0.430. The van der Waals surface area contributed by atoms with Crippen molar-refractivity contribution in [3.8, 4) is 0 Å². The number of hydrogen-bond acceptors (Lipinski definition) is 2. The predicted molar refractivity (Wildman–Crippen MR) is 74.0 cm³/mol. The number of rotatable bonds is 4. The van der Waals surface area contributed by atoms with Crippen molar-refractivity contribution in [2.45, 2.75) is 10.1 Å². The molecular weight excluding hydrogens is 306 g/mol. The minimum atomic E-state index is -1.09. The second-order valence-corrected chi connectivity index (χ2v) is 5.55. The average molecular weight is 315 g/mol. The van der Waals surface area contributed by atoms with Gasteiger partial charge in [0.25, 0.3) is 0 Å². The molecule has 0 heterocycles.